The van der Waals surface area contributed by atoms with Gasteiger partial charge in [0.1, 0.15) is 0 Å². The maximum Gasteiger partial charge on any atom is 0.222 e. The fourth-order valence-electron chi connectivity index (χ4n) is 2.25. The first kappa shape index (κ1) is 14.9. The van der Waals surface area contributed by atoms with Gasteiger partial charge in [-0.05, 0) is 43.7 Å². The van der Waals surface area contributed by atoms with Crippen LogP contribution < -0.4 is 10.2 Å². The largest absolute Gasteiger partial charge is 0.504 e. The first-order valence-corrected chi connectivity index (χ1v) is 7.37. The summed E-state index contributed by atoms with van der Waals surface area (Å²) in [6.45, 7) is 4.38. The molecule has 0 spiro atoms. The molecule has 3 N–H and O–H groups in total. The molecule has 0 amide bonds. The summed E-state index contributed by atoms with van der Waals surface area (Å²) in [7, 11) is 0. The Morgan fingerprint density at radius 3 is 3.04 bits per heavy atom. The zero-order chi connectivity index (χ0) is 16.2. The molecule has 118 valence electrons. The van der Waals surface area contributed by atoms with Crippen LogP contribution in [0.3, 0.4) is 0 Å². The summed E-state index contributed by atoms with van der Waals surface area (Å²) in [5, 5.41) is 14.2. The number of aromatic amines is 1. The van der Waals surface area contributed by atoms with Crippen LogP contribution >= 0.6 is 0 Å². The molecule has 1 aromatic heterocycles. The van der Waals surface area contributed by atoms with Gasteiger partial charge in [0.05, 0.1) is 23.9 Å². The van der Waals surface area contributed by atoms with E-state index in [-0.39, 0.29) is 5.75 Å². The molecule has 3 aromatic rings. The quantitative estimate of drug-likeness (QED) is 0.498. The van der Waals surface area contributed by atoms with E-state index in [1.54, 1.807) is 18.2 Å². The lowest BCUT2D eigenvalue weighted by molar-refractivity contribution is 0.318. The van der Waals surface area contributed by atoms with Gasteiger partial charge < -0.3 is 14.8 Å². The van der Waals surface area contributed by atoms with Crippen LogP contribution in [0.25, 0.3) is 11.0 Å². The maximum atomic E-state index is 10.1. The van der Waals surface area contributed by atoms with Gasteiger partial charge in [-0.25, -0.2) is 10.4 Å². The minimum atomic E-state index is 0.0696. The van der Waals surface area contributed by atoms with E-state index in [0.29, 0.717) is 23.9 Å². The second-order valence-electron chi connectivity index (χ2n) is 5.10. The van der Waals surface area contributed by atoms with Crippen LogP contribution in [0.4, 0.5) is 5.95 Å². The highest BCUT2D eigenvalue weighted by Gasteiger charge is 2.06. The zero-order valence-corrected chi connectivity index (χ0v) is 13.0. The van der Waals surface area contributed by atoms with E-state index in [1.807, 2.05) is 32.0 Å². The normalized spacial score (nSPS) is 11.2. The maximum absolute atomic E-state index is 10.1. The third-order valence-corrected chi connectivity index (χ3v) is 3.34. The Hall–Kier alpha value is -3.02. The van der Waals surface area contributed by atoms with Crippen molar-refractivity contribution in [2.24, 2.45) is 5.10 Å². The molecule has 1 heterocycles. The number of phenolic OH excluding ortho intramolecular Hbond substituents is 1. The van der Waals surface area contributed by atoms with Crippen molar-refractivity contribution in [2.75, 3.05) is 12.0 Å². The summed E-state index contributed by atoms with van der Waals surface area (Å²) in [6.07, 6.45) is 1.52. The van der Waals surface area contributed by atoms with Crippen molar-refractivity contribution in [3.05, 3.63) is 47.5 Å². The number of aromatic hydroxyl groups is 1. The molecular weight excluding hydrogens is 292 g/mol. The fraction of sp³-hybridized carbons (Fsp3) is 0.176. The van der Waals surface area contributed by atoms with E-state index < -0.39 is 0 Å². The summed E-state index contributed by atoms with van der Waals surface area (Å²) in [5.41, 5.74) is 6.38. The topological polar surface area (TPSA) is 82.5 Å². The first-order valence-electron chi connectivity index (χ1n) is 7.37. The number of fused-ring (bicyclic) bond motifs is 1. The van der Waals surface area contributed by atoms with Crippen molar-refractivity contribution < 1.29 is 9.84 Å². The number of aromatic nitrogens is 2. The van der Waals surface area contributed by atoms with E-state index in [2.05, 4.69) is 20.5 Å². The molecule has 0 unspecified atom stereocenters. The molecule has 0 fully saturated rings. The first-order chi connectivity index (χ1) is 11.2. The Morgan fingerprint density at radius 2 is 2.22 bits per heavy atom. The van der Waals surface area contributed by atoms with Gasteiger partial charge >= 0.3 is 0 Å². The van der Waals surface area contributed by atoms with Crippen LogP contribution in [-0.4, -0.2) is 27.9 Å². The molecule has 23 heavy (non-hydrogen) atoms. The van der Waals surface area contributed by atoms with Crippen molar-refractivity contribution in [2.45, 2.75) is 13.8 Å². The molecule has 6 heteroatoms. The second kappa shape index (κ2) is 6.39. The number of ether oxygens (including phenoxy) is 1. The Balaban J connectivity index is 1.76. The molecule has 0 aliphatic heterocycles. The van der Waals surface area contributed by atoms with Crippen LogP contribution in [0.5, 0.6) is 11.5 Å². The van der Waals surface area contributed by atoms with E-state index in [4.69, 9.17) is 4.74 Å². The molecule has 0 bridgehead atoms. The van der Waals surface area contributed by atoms with E-state index in [0.717, 1.165) is 16.6 Å². The Kier molecular flexibility index (Phi) is 4.14. The number of rotatable bonds is 5. The predicted molar refractivity (Wildman–Crippen MR) is 91.3 cm³/mol. The standard InChI is InChI=1S/C17H18N4O2/c1-3-23-15-6-4-5-12(16(15)22)10-18-21-17-19-13-8-7-11(2)9-14(13)20-17/h4-10,22H,3H2,1-2H3,(H2,19,20,21)/b18-10-. The Labute approximate surface area is 133 Å². The number of hydrogen-bond donors (Lipinski definition) is 3. The van der Waals surface area contributed by atoms with Gasteiger partial charge in [-0.15, -0.1) is 0 Å². The van der Waals surface area contributed by atoms with Gasteiger partial charge in [0, 0.05) is 5.56 Å². The van der Waals surface area contributed by atoms with E-state index in [1.165, 1.54) is 6.21 Å². The molecule has 0 saturated carbocycles. The number of anilines is 1. The van der Waals surface area contributed by atoms with E-state index >= 15 is 0 Å². The van der Waals surface area contributed by atoms with Crippen LogP contribution in [0.1, 0.15) is 18.1 Å². The number of para-hydroxylation sites is 1. The van der Waals surface area contributed by atoms with Crippen LogP contribution in [0.15, 0.2) is 41.5 Å². The molecule has 0 aliphatic carbocycles. The second-order valence-corrected chi connectivity index (χ2v) is 5.10. The van der Waals surface area contributed by atoms with Crippen LogP contribution in [0, 0.1) is 6.92 Å². The molecule has 3 rings (SSSR count). The molecule has 2 aromatic carbocycles. The zero-order valence-electron chi connectivity index (χ0n) is 13.0. The highest BCUT2D eigenvalue weighted by molar-refractivity contribution is 5.85. The number of phenols is 1. The third kappa shape index (κ3) is 3.26. The highest BCUT2D eigenvalue weighted by atomic mass is 16.5. The smallest absolute Gasteiger partial charge is 0.222 e. The Bertz CT molecular complexity index is 855. The number of aryl methyl sites for hydroxylation is 1. The van der Waals surface area contributed by atoms with Crippen molar-refractivity contribution in [1.29, 1.82) is 0 Å². The molecule has 0 aliphatic rings. The summed E-state index contributed by atoms with van der Waals surface area (Å²) in [4.78, 5) is 7.53. The highest BCUT2D eigenvalue weighted by Crippen LogP contribution is 2.28. The summed E-state index contributed by atoms with van der Waals surface area (Å²) >= 11 is 0. The molecule has 0 atom stereocenters. The fourth-order valence-corrected chi connectivity index (χ4v) is 2.25. The van der Waals surface area contributed by atoms with Crippen molar-refractivity contribution in [3.63, 3.8) is 0 Å². The molecule has 0 saturated heterocycles. The number of nitrogens with one attached hydrogen (secondary N) is 2. The molecule has 0 radical (unpaired) electrons. The summed E-state index contributed by atoms with van der Waals surface area (Å²) in [5.74, 6) is 1.05. The molecular formula is C17H18N4O2. The lowest BCUT2D eigenvalue weighted by atomic mass is 10.2. The average molecular weight is 310 g/mol. The van der Waals surface area contributed by atoms with Gasteiger partial charge in [0.15, 0.2) is 11.5 Å². The lowest BCUT2D eigenvalue weighted by Gasteiger charge is -2.06. The van der Waals surface area contributed by atoms with Crippen molar-refractivity contribution in [1.82, 2.24) is 9.97 Å². The number of imidazole rings is 1. The van der Waals surface area contributed by atoms with E-state index in [9.17, 15) is 5.11 Å². The minimum absolute atomic E-state index is 0.0696. The van der Waals surface area contributed by atoms with Gasteiger partial charge in [0.25, 0.3) is 0 Å². The number of benzene rings is 2. The predicted octanol–water partition coefficient (Wildman–Crippen LogP) is 3.42. The van der Waals surface area contributed by atoms with Crippen LogP contribution in [0.2, 0.25) is 0 Å². The summed E-state index contributed by atoms with van der Waals surface area (Å²) in [6, 6.07) is 11.3. The lowest BCUT2D eigenvalue weighted by Crippen LogP contribution is -1.95. The number of nitrogens with zero attached hydrogens (tertiary/aromatic N) is 2. The minimum Gasteiger partial charge on any atom is -0.504 e. The monoisotopic (exact) mass is 310 g/mol. The molecule has 6 nitrogen and oxygen atoms in total. The van der Waals surface area contributed by atoms with Gasteiger partial charge in [-0.1, -0.05) is 12.1 Å². The number of hydrogen-bond acceptors (Lipinski definition) is 5. The van der Waals surface area contributed by atoms with Crippen LogP contribution in [-0.2, 0) is 0 Å². The number of hydrazone groups is 1. The number of H-pyrrole nitrogens is 1. The van der Waals surface area contributed by atoms with Gasteiger partial charge in [-0.3, -0.25) is 0 Å². The third-order valence-electron chi connectivity index (χ3n) is 3.34. The SMILES string of the molecule is CCOc1cccc(/C=N\Nc2nc3ccc(C)cc3[nH]2)c1O. The Morgan fingerprint density at radius 1 is 1.35 bits per heavy atom. The van der Waals surface area contributed by atoms with Crippen molar-refractivity contribution >= 4 is 23.2 Å². The van der Waals surface area contributed by atoms with Gasteiger partial charge in [0.2, 0.25) is 5.95 Å². The summed E-state index contributed by atoms with van der Waals surface area (Å²) < 4.78 is 5.34. The average Bonchev–Trinajstić information content (AvgIpc) is 2.93. The van der Waals surface area contributed by atoms with Gasteiger partial charge in [-0.2, -0.15) is 5.10 Å². The van der Waals surface area contributed by atoms with Crippen molar-refractivity contribution in [3.8, 4) is 11.5 Å².